The number of benzene rings is 1. The quantitative estimate of drug-likeness (QED) is 0.735. The Hall–Kier alpha value is -2.58. The second-order valence-corrected chi connectivity index (χ2v) is 8.03. The Morgan fingerprint density at radius 1 is 1.19 bits per heavy atom. The van der Waals surface area contributed by atoms with Gasteiger partial charge in [0.15, 0.2) is 0 Å². The third kappa shape index (κ3) is 4.78. The van der Waals surface area contributed by atoms with Crippen molar-refractivity contribution >= 4 is 51.9 Å². The molecule has 140 valence electrons. The van der Waals surface area contributed by atoms with Crippen LogP contribution in [0.4, 0.5) is 10.5 Å². The van der Waals surface area contributed by atoms with E-state index < -0.39 is 17.1 Å². The fourth-order valence-electron chi connectivity index (χ4n) is 2.44. The summed E-state index contributed by atoms with van der Waals surface area (Å²) in [5, 5.41) is 2.24. The lowest BCUT2D eigenvalue weighted by Crippen LogP contribution is -2.36. The Bertz CT molecular complexity index is 903. The Balaban J connectivity index is 1.62. The number of rotatable bonds is 6. The van der Waals surface area contributed by atoms with E-state index in [-0.39, 0.29) is 6.54 Å². The SMILES string of the molecule is CCOc1ccc(NC(=O)CN2C(=O)S/C(=C/c3ccc(C)s3)C2=O)cc1. The van der Waals surface area contributed by atoms with Crippen LogP contribution in [-0.4, -0.2) is 35.1 Å². The summed E-state index contributed by atoms with van der Waals surface area (Å²) < 4.78 is 5.35. The lowest BCUT2D eigenvalue weighted by Gasteiger charge is -2.12. The van der Waals surface area contributed by atoms with Gasteiger partial charge in [-0.2, -0.15) is 0 Å². The maximum Gasteiger partial charge on any atom is 0.294 e. The van der Waals surface area contributed by atoms with Crippen molar-refractivity contribution in [3.63, 3.8) is 0 Å². The highest BCUT2D eigenvalue weighted by Gasteiger charge is 2.36. The molecular weight excluding hydrogens is 384 g/mol. The topological polar surface area (TPSA) is 75.7 Å². The van der Waals surface area contributed by atoms with Crippen LogP contribution in [0.1, 0.15) is 16.7 Å². The molecule has 0 atom stereocenters. The lowest BCUT2D eigenvalue weighted by atomic mass is 10.3. The summed E-state index contributed by atoms with van der Waals surface area (Å²) in [7, 11) is 0. The summed E-state index contributed by atoms with van der Waals surface area (Å²) in [5.74, 6) is -0.178. The summed E-state index contributed by atoms with van der Waals surface area (Å²) in [4.78, 5) is 40.1. The van der Waals surface area contributed by atoms with Crippen molar-refractivity contribution < 1.29 is 19.1 Å². The van der Waals surface area contributed by atoms with Crippen LogP contribution in [0.3, 0.4) is 0 Å². The van der Waals surface area contributed by atoms with Crippen LogP contribution in [0.25, 0.3) is 6.08 Å². The van der Waals surface area contributed by atoms with Crippen LogP contribution in [0.15, 0.2) is 41.3 Å². The number of ether oxygens (including phenoxy) is 1. The van der Waals surface area contributed by atoms with Gasteiger partial charge in [-0.05, 0) is 68.1 Å². The number of thiophene rings is 1. The largest absolute Gasteiger partial charge is 0.494 e. The van der Waals surface area contributed by atoms with Crippen molar-refractivity contribution in [1.29, 1.82) is 0 Å². The van der Waals surface area contributed by atoms with Gasteiger partial charge in [0.25, 0.3) is 11.1 Å². The zero-order chi connectivity index (χ0) is 19.4. The highest BCUT2D eigenvalue weighted by atomic mass is 32.2. The minimum absolute atomic E-state index is 0.321. The molecule has 1 aromatic heterocycles. The number of hydrogen-bond acceptors (Lipinski definition) is 6. The number of aryl methyl sites for hydroxylation is 1. The Kier molecular flexibility index (Phi) is 5.98. The maximum atomic E-state index is 12.5. The molecule has 3 rings (SSSR count). The number of amides is 3. The Morgan fingerprint density at radius 2 is 1.93 bits per heavy atom. The highest BCUT2D eigenvalue weighted by Crippen LogP contribution is 2.33. The average Bonchev–Trinajstić information content (AvgIpc) is 3.15. The Labute approximate surface area is 165 Å². The first-order chi connectivity index (χ1) is 13.0. The molecule has 0 radical (unpaired) electrons. The molecule has 8 heteroatoms. The smallest absolute Gasteiger partial charge is 0.294 e. The van der Waals surface area contributed by atoms with Gasteiger partial charge in [-0.15, -0.1) is 11.3 Å². The van der Waals surface area contributed by atoms with Crippen molar-refractivity contribution in [2.24, 2.45) is 0 Å². The number of nitrogens with zero attached hydrogens (tertiary/aromatic N) is 1. The molecule has 0 aliphatic carbocycles. The molecule has 2 heterocycles. The van der Waals surface area contributed by atoms with Crippen molar-refractivity contribution in [1.82, 2.24) is 4.90 Å². The van der Waals surface area contributed by atoms with Gasteiger partial charge in [-0.1, -0.05) is 0 Å². The summed E-state index contributed by atoms with van der Waals surface area (Å²) in [6, 6.07) is 10.7. The zero-order valence-corrected chi connectivity index (χ0v) is 16.5. The molecule has 1 fully saturated rings. The number of thioether (sulfide) groups is 1. The van der Waals surface area contributed by atoms with Crippen LogP contribution < -0.4 is 10.1 Å². The first-order valence-electron chi connectivity index (χ1n) is 8.31. The molecule has 6 nitrogen and oxygen atoms in total. The molecule has 1 saturated heterocycles. The van der Waals surface area contributed by atoms with E-state index in [9.17, 15) is 14.4 Å². The number of carbonyl (C=O) groups is 3. The van der Waals surface area contributed by atoms with E-state index in [1.807, 2.05) is 26.0 Å². The second-order valence-electron chi connectivity index (χ2n) is 5.72. The van der Waals surface area contributed by atoms with Crippen LogP contribution in [0.2, 0.25) is 0 Å². The third-order valence-electron chi connectivity index (χ3n) is 3.66. The van der Waals surface area contributed by atoms with Gasteiger partial charge in [0, 0.05) is 15.4 Å². The van der Waals surface area contributed by atoms with Crippen LogP contribution in [-0.2, 0) is 9.59 Å². The van der Waals surface area contributed by atoms with E-state index in [4.69, 9.17) is 4.74 Å². The van der Waals surface area contributed by atoms with E-state index in [1.165, 1.54) is 11.3 Å². The van der Waals surface area contributed by atoms with Gasteiger partial charge in [-0.25, -0.2) is 0 Å². The summed E-state index contributed by atoms with van der Waals surface area (Å²) >= 11 is 2.39. The van der Waals surface area contributed by atoms with Gasteiger partial charge >= 0.3 is 0 Å². The number of carbonyl (C=O) groups excluding carboxylic acids is 3. The molecule has 0 saturated carbocycles. The number of anilines is 1. The van der Waals surface area contributed by atoms with E-state index in [2.05, 4.69) is 5.32 Å². The predicted molar refractivity (Wildman–Crippen MR) is 108 cm³/mol. The predicted octanol–water partition coefficient (Wildman–Crippen LogP) is 4.13. The lowest BCUT2D eigenvalue weighted by molar-refractivity contribution is -0.127. The van der Waals surface area contributed by atoms with Crippen LogP contribution in [0, 0.1) is 6.92 Å². The van der Waals surface area contributed by atoms with Gasteiger partial charge in [0.2, 0.25) is 5.91 Å². The summed E-state index contributed by atoms with van der Waals surface area (Å²) in [5.41, 5.74) is 0.569. The van der Waals surface area contributed by atoms with E-state index in [1.54, 1.807) is 30.3 Å². The van der Waals surface area contributed by atoms with Crippen molar-refractivity contribution in [3.05, 3.63) is 51.1 Å². The number of imide groups is 1. The van der Waals surface area contributed by atoms with Gasteiger partial charge < -0.3 is 10.1 Å². The van der Waals surface area contributed by atoms with Gasteiger partial charge in [0.1, 0.15) is 12.3 Å². The Morgan fingerprint density at radius 3 is 2.56 bits per heavy atom. The van der Waals surface area contributed by atoms with E-state index in [0.717, 1.165) is 26.4 Å². The van der Waals surface area contributed by atoms with E-state index in [0.29, 0.717) is 22.9 Å². The summed E-state index contributed by atoms with van der Waals surface area (Å²) in [6.45, 7) is 4.10. The fourth-order valence-corrected chi connectivity index (χ4v) is 4.17. The van der Waals surface area contributed by atoms with E-state index >= 15 is 0 Å². The minimum Gasteiger partial charge on any atom is -0.494 e. The second kappa shape index (κ2) is 8.41. The zero-order valence-electron chi connectivity index (χ0n) is 14.9. The standard InChI is InChI=1S/C19H18N2O4S2/c1-3-25-14-7-5-13(6-8-14)20-17(22)11-21-18(23)16(27-19(21)24)10-15-9-4-12(2)26-15/h4-10H,3,11H2,1-2H3,(H,20,22)/b16-10+. The van der Waals surface area contributed by atoms with Crippen LogP contribution in [0.5, 0.6) is 5.75 Å². The molecule has 1 aliphatic heterocycles. The first-order valence-corrected chi connectivity index (χ1v) is 9.94. The van der Waals surface area contributed by atoms with Crippen molar-refractivity contribution in [2.45, 2.75) is 13.8 Å². The number of nitrogens with one attached hydrogen (secondary N) is 1. The maximum absolute atomic E-state index is 12.5. The minimum atomic E-state index is -0.446. The molecule has 0 spiro atoms. The summed E-state index contributed by atoms with van der Waals surface area (Å²) in [6.07, 6.45) is 1.69. The molecular formula is C19H18N2O4S2. The molecule has 27 heavy (non-hydrogen) atoms. The molecule has 1 aliphatic rings. The molecule has 3 amide bonds. The first kappa shape index (κ1) is 19.2. The highest BCUT2D eigenvalue weighted by molar-refractivity contribution is 8.18. The third-order valence-corrected chi connectivity index (χ3v) is 5.51. The number of hydrogen-bond donors (Lipinski definition) is 1. The van der Waals surface area contributed by atoms with Crippen molar-refractivity contribution in [3.8, 4) is 5.75 Å². The molecule has 0 unspecified atom stereocenters. The molecule has 1 N–H and O–H groups in total. The average molecular weight is 402 g/mol. The van der Waals surface area contributed by atoms with Gasteiger partial charge in [0.05, 0.1) is 11.5 Å². The van der Waals surface area contributed by atoms with Crippen molar-refractivity contribution in [2.75, 3.05) is 18.5 Å². The molecule has 0 bridgehead atoms. The van der Waals surface area contributed by atoms with Crippen LogP contribution >= 0.6 is 23.1 Å². The fraction of sp³-hybridized carbons (Fsp3) is 0.211. The normalized spacial score (nSPS) is 15.5. The molecule has 2 aromatic rings. The monoisotopic (exact) mass is 402 g/mol. The van der Waals surface area contributed by atoms with Gasteiger partial charge in [-0.3, -0.25) is 19.3 Å². The molecule has 1 aromatic carbocycles.